The summed E-state index contributed by atoms with van der Waals surface area (Å²) in [4.78, 5) is 33.8. The highest BCUT2D eigenvalue weighted by molar-refractivity contribution is 5.63. The molecule has 1 aliphatic rings. The first-order valence-corrected chi connectivity index (χ1v) is 9.25. The summed E-state index contributed by atoms with van der Waals surface area (Å²) in [7, 11) is 0. The number of nitrogens with one attached hydrogen (secondary N) is 1. The molecule has 0 aromatic heterocycles. The zero-order chi connectivity index (χ0) is 22.3. The first-order valence-electron chi connectivity index (χ1n) is 9.25. The number of rotatable bonds is 9. The van der Waals surface area contributed by atoms with Crippen LogP contribution < -0.4 is 5.32 Å². The third kappa shape index (κ3) is 5.54. The molecule has 1 unspecified atom stereocenters. The van der Waals surface area contributed by atoms with Gasteiger partial charge in [0.2, 0.25) is 0 Å². The smallest absolute Gasteiger partial charge is 0.432 e. The number of dihydropyridines is 1. The molecule has 1 atom stereocenters. The third-order valence-electron chi connectivity index (χ3n) is 4.26. The molecule has 30 heavy (non-hydrogen) atoms. The van der Waals surface area contributed by atoms with Crippen molar-refractivity contribution in [1.29, 1.82) is 0 Å². The van der Waals surface area contributed by atoms with Gasteiger partial charge in [-0.3, -0.25) is 20.2 Å². The summed E-state index contributed by atoms with van der Waals surface area (Å²) in [5.74, 6) is -1.20. The maximum absolute atomic E-state index is 12.1. The van der Waals surface area contributed by atoms with E-state index in [0.717, 1.165) is 6.42 Å². The summed E-state index contributed by atoms with van der Waals surface area (Å²) >= 11 is 0. The van der Waals surface area contributed by atoms with Gasteiger partial charge in [0, 0.05) is 18.7 Å². The Morgan fingerprint density at radius 2 is 1.83 bits per heavy atom. The molecule has 0 radical (unpaired) electrons. The largest absolute Gasteiger partial charge is 0.513 e. The Morgan fingerprint density at radius 1 is 1.10 bits per heavy atom. The molecular weight excluding hydrogens is 398 g/mol. The van der Waals surface area contributed by atoms with Gasteiger partial charge in [-0.2, -0.15) is 0 Å². The molecule has 0 saturated heterocycles. The number of hydrogen-bond donors (Lipinski definition) is 1. The van der Waals surface area contributed by atoms with Crippen molar-refractivity contribution in [2.45, 2.75) is 33.1 Å². The second-order valence-corrected chi connectivity index (χ2v) is 6.48. The summed E-state index contributed by atoms with van der Waals surface area (Å²) in [6, 6.07) is 5.40. The lowest BCUT2D eigenvalue weighted by Gasteiger charge is -2.26. The van der Waals surface area contributed by atoms with Crippen LogP contribution in [-0.2, 0) is 14.2 Å². The molecule has 0 amide bonds. The maximum Gasteiger partial charge on any atom is 0.513 e. The van der Waals surface area contributed by atoms with E-state index >= 15 is 0 Å². The van der Waals surface area contributed by atoms with Crippen molar-refractivity contribution in [1.82, 2.24) is 5.32 Å². The van der Waals surface area contributed by atoms with Gasteiger partial charge >= 0.3 is 6.16 Å². The van der Waals surface area contributed by atoms with Crippen molar-refractivity contribution >= 4 is 11.8 Å². The van der Waals surface area contributed by atoms with Gasteiger partial charge in [-0.25, -0.2) is 4.79 Å². The van der Waals surface area contributed by atoms with Crippen LogP contribution in [0, 0.1) is 20.2 Å². The van der Waals surface area contributed by atoms with Crippen LogP contribution in [0.2, 0.25) is 0 Å². The first-order chi connectivity index (χ1) is 14.3. The Bertz CT molecular complexity index is 894. The van der Waals surface area contributed by atoms with Crippen LogP contribution in [0.3, 0.4) is 0 Å². The van der Waals surface area contributed by atoms with Crippen LogP contribution in [0.4, 0.5) is 10.5 Å². The van der Waals surface area contributed by atoms with Gasteiger partial charge in [0.05, 0.1) is 27.8 Å². The monoisotopic (exact) mass is 421 g/mol. The maximum atomic E-state index is 12.1. The Morgan fingerprint density at radius 3 is 2.47 bits per heavy atom. The van der Waals surface area contributed by atoms with E-state index in [1.54, 1.807) is 6.92 Å². The van der Waals surface area contributed by atoms with E-state index in [2.05, 4.69) is 5.32 Å². The fraction of sp³-hybridized carbons (Fsp3) is 0.421. The van der Waals surface area contributed by atoms with Gasteiger partial charge < -0.3 is 19.5 Å². The molecule has 0 aliphatic carbocycles. The van der Waals surface area contributed by atoms with Crippen molar-refractivity contribution in [2.75, 3.05) is 19.8 Å². The molecule has 1 N–H and O–H groups in total. The summed E-state index contributed by atoms with van der Waals surface area (Å²) < 4.78 is 15.5. The van der Waals surface area contributed by atoms with Gasteiger partial charge in [0.15, 0.2) is 0 Å². The highest BCUT2D eigenvalue weighted by Gasteiger charge is 2.40. The Hall–Kier alpha value is -3.47. The van der Waals surface area contributed by atoms with Crippen LogP contribution >= 0.6 is 0 Å². The molecule has 11 nitrogen and oxygen atoms in total. The normalized spacial score (nSPS) is 16.2. The SMILES string of the molecule is CCCOCCOC(=O)OC1=C(C)NC(C)=C([N+](=O)[O-])C1c1cccc([N+](=O)[O-])c1. The number of allylic oxidation sites excluding steroid dienone is 2. The van der Waals surface area contributed by atoms with Crippen molar-refractivity contribution < 1.29 is 28.9 Å². The standard InChI is InChI=1S/C19H23N3O8/c1-4-8-28-9-10-29-19(23)30-18-13(3)20-12(2)17(22(26)27)16(18)14-6-5-7-15(11-14)21(24)25/h5-7,11,16,20H,4,8-10H2,1-3H3. The molecule has 0 fully saturated rings. The van der Waals surface area contributed by atoms with Gasteiger partial charge in [-0.1, -0.05) is 19.1 Å². The molecule has 1 aliphatic heterocycles. The number of nitro groups is 2. The van der Waals surface area contributed by atoms with Gasteiger partial charge in [0.1, 0.15) is 18.3 Å². The number of non-ortho nitro benzene ring substituents is 1. The molecule has 162 valence electrons. The van der Waals surface area contributed by atoms with E-state index in [1.807, 2.05) is 6.92 Å². The van der Waals surface area contributed by atoms with E-state index < -0.39 is 21.9 Å². The minimum absolute atomic E-state index is 0.0446. The Kier molecular flexibility index (Phi) is 7.87. The predicted octanol–water partition coefficient (Wildman–Crippen LogP) is 3.60. The number of carbonyl (C=O) groups is 1. The van der Waals surface area contributed by atoms with Crippen molar-refractivity contribution in [2.24, 2.45) is 0 Å². The average molecular weight is 421 g/mol. The molecule has 1 aromatic carbocycles. The van der Waals surface area contributed by atoms with Crippen LogP contribution in [-0.4, -0.2) is 35.8 Å². The topological polar surface area (TPSA) is 143 Å². The second-order valence-electron chi connectivity index (χ2n) is 6.48. The third-order valence-corrected chi connectivity index (χ3v) is 4.26. The minimum atomic E-state index is -1.13. The number of benzene rings is 1. The highest BCUT2D eigenvalue weighted by Crippen LogP contribution is 2.39. The molecule has 1 heterocycles. The Labute approximate surface area is 172 Å². The molecule has 0 bridgehead atoms. The van der Waals surface area contributed by atoms with Gasteiger partial charge in [-0.05, 0) is 25.8 Å². The van der Waals surface area contributed by atoms with Gasteiger partial charge in [0.25, 0.3) is 11.4 Å². The molecule has 11 heteroatoms. The lowest BCUT2D eigenvalue weighted by atomic mass is 9.89. The predicted molar refractivity (Wildman–Crippen MR) is 105 cm³/mol. The fourth-order valence-electron chi connectivity index (χ4n) is 3.02. The quantitative estimate of drug-likeness (QED) is 0.274. The number of nitro benzene ring substituents is 1. The first kappa shape index (κ1) is 22.8. The average Bonchev–Trinajstić information content (AvgIpc) is 2.69. The summed E-state index contributed by atoms with van der Waals surface area (Å²) in [6.45, 7) is 5.70. The zero-order valence-electron chi connectivity index (χ0n) is 16.9. The zero-order valence-corrected chi connectivity index (χ0v) is 16.9. The Balaban J connectivity index is 2.33. The lowest BCUT2D eigenvalue weighted by Crippen LogP contribution is -2.30. The summed E-state index contributed by atoms with van der Waals surface area (Å²) in [5.41, 5.74) is 0.316. The van der Waals surface area contributed by atoms with E-state index in [0.29, 0.717) is 12.3 Å². The lowest BCUT2D eigenvalue weighted by molar-refractivity contribution is -0.431. The van der Waals surface area contributed by atoms with Crippen LogP contribution in [0.5, 0.6) is 0 Å². The van der Waals surface area contributed by atoms with Crippen LogP contribution in [0.25, 0.3) is 0 Å². The molecule has 0 saturated carbocycles. The van der Waals surface area contributed by atoms with Crippen molar-refractivity contribution in [3.8, 4) is 0 Å². The van der Waals surface area contributed by atoms with E-state index in [1.165, 1.54) is 31.2 Å². The van der Waals surface area contributed by atoms with Crippen molar-refractivity contribution in [3.05, 3.63) is 72.9 Å². The molecule has 2 rings (SSSR count). The van der Waals surface area contributed by atoms with E-state index in [-0.39, 0.29) is 41.6 Å². The minimum Gasteiger partial charge on any atom is -0.432 e. The number of hydrogen-bond acceptors (Lipinski definition) is 9. The van der Waals surface area contributed by atoms with Crippen LogP contribution in [0.1, 0.15) is 38.7 Å². The number of ether oxygens (including phenoxy) is 3. The van der Waals surface area contributed by atoms with Crippen LogP contribution in [0.15, 0.2) is 47.1 Å². The molecule has 1 aromatic rings. The highest BCUT2D eigenvalue weighted by atomic mass is 16.7. The summed E-state index contributed by atoms with van der Waals surface area (Å²) in [5, 5.41) is 25.7. The number of nitrogens with zero attached hydrogens (tertiary/aromatic N) is 2. The fourth-order valence-corrected chi connectivity index (χ4v) is 3.02. The van der Waals surface area contributed by atoms with E-state index in [4.69, 9.17) is 14.2 Å². The van der Waals surface area contributed by atoms with E-state index in [9.17, 15) is 25.0 Å². The van der Waals surface area contributed by atoms with Crippen molar-refractivity contribution in [3.63, 3.8) is 0 Å². The van der Waals surface area contributed by atoms with Gasteiger partial charge in [-0.15, -0.1) is 0 Å². The molecular formula is C19H23N3O8. The molecule has 0 spiro atoms. The second kappa shape index (κ2) is 10.3. The summed E-state index contributed by atoms with van der Waals surface area (Å²) in [6.07, 6.45) is -0.230. The number of carbonyl (C=O) groups excluding carboxylic acids is 1.